The molecule has 0 fully saturated rings. The van der Waals surface area contributed by atoms with Gasteiger partial charge in [-0.25, -0.2) is 9.31 Å². The molecule has 1 aromatic carbocycles. The molecule has 3 N–H and O–H groups in total. The number of halogens is 3. The lowest BCUT2D eigenvalue weighted by atomic mass is 9.99. The maximum atomic E-state index is 13.2. The number of fused-ring (bicyclic) bond motifs is 2. The van der Waals surface area contributed by atoms with Gasteiger partial charge in [-0.1, -0.05) is 12.1 Å². The number of primary amides is 1. The number of pyridine rings is 2. The zero-order valence-electron chi connectivity index (χ0n) is 18.5. The van der Waals surface area contributed by atoms with Crippen molar-refractivity contribution in [3.05, 3.63) is 71.7 Å². The van der Waals surface area contributed by atoms with Gasteiger partial charge in [-0.2, -0.15) is 4.98 Å². The van der Waals surface area contributed by atoms with Crippen molar-refractivity contribution >= 4 is 23.5 Å². The van der Waals surface area contributed by atoms with Crippen molar-refractivity contribution in [1.29, 1.82) is 0 Å². The molecule has 0 saturated carbocycles. The molecule has 3 amide bonds. The Labute approximate surface area is 201 Å². The molecule has 13 heteroatoms. The van der Waals surface area contributed by atoms with Gasteiger partial charge in [0.05, 0.1) is 11.3 Å². The van der Waals surface area contributed by atoms with Gasteiger partial charge in [0.2, 0.25) is 0 Å². The van der Waals surface area contributed by atoms with E-state index in [4.69, 9.17) is 5.73 Å². The Morgan fingerprint density at radius 1 is 1.17 bits per heavy atom. The van der Waals surface area contributed by atoms with Crippen LogP contribution in [-0.4, -0.2) is 49.3 Å². The first-order valence-corrected chi connectivity index (χ1v) is 10.7. The molecule has 5 rings (SSSR count). The van der Waals surface area contributed by atoms with Crippen molar-refractivity contribution in [2.45, 2.75) is 19.3 Å². The van der Waals surface area contributed by atoms with Crippen LogP contribution in [0.25, 0.3) is 16.8 Å². The first kappa shape index (κ1) is 23.1. The predicted molar refractivity (Wildman–Crippen MR) is 121 cm³/mol. The summed E-state index contributed by atoms with van der Waals surface area (Å²) in [5.74, 6) is -0.560. The highest BCUT2D eigenvalue weighted by Crippen LogP contribution is 2.28. The van der Waals surface area contributed by atoms with Gasteiger partial charge in [0.15, 0.2) is 5.65 Å². The second-order valence-electron chi connectivity index (χ2n) is 8.03. The molecule has 4 heterocycles. The van der Waals surface area contributed by atoms with Gasteiger partial charge in [-0.3, -0.25) is 15.1 Å². The van der Waals surface area contributed by atoms with Crippen LogP contribution < -0.4 is 15.8 Å². The first-order valence-electron chi connectivity index (χ1n) is 10.7. The summed E-state index contributed by atoms with van der Waals surface area (Å²) in [6, 6.07) is 9.98. The lowest BCUT2D eigenvalue weighted by Crippen LogP contribution is -2.37. The molecule has 1 aliphatic heterocycles. The van der Waals surface area contributed by atoms with Crippen LogP contribution in [-0.2, 0) is 13.0 Å². The van der Waals surface area contributed by atoms with Crippen LogP contribution in [0.5, 0.6) is 5.75 Å². The second kappa shape index (κ2) is 8.83. The smallest absolute Gasteiger partial charge is 0.406 e. The molecule has 0 radical (unpaired) electrons. The van der Waals surface area contributed by atoms with E-state index in [2.05, 4.69) is 25.1 Å². The van der Waals surface area contributed by atoms with Crippen molar-refractivity contribution in [1.82, 2.24) is 24.5 Å². The molecule has 0 atom stereocenters. The van der Waals surface area contributed by atoms with Crippen molar-refractivity contribution in [2.24, 2.45) is 5.73 Å². The van der Waals surface area contributed by atoms with Crippen molar-refractivity contribution in [3.8, 4) is 16.9 Å². The van der Waals surface area contributed by atoms with Crippen LogP contribution in [0.1, 0.15) is 21.6 Å². The SMILES string of the molecule is NC(=O)Nc1nc2cc(-c3cnc4c(c3)C(=O)N(Cc3cccc(OC(F)(F)F)c3)CC4)ccn2n1. The molecule has 1 aliphatic rings. The summed E-state index contributed by atoms with van der Waals surface area (Å²) in [5.41, 5.74) is 8.50. The Hall–Kier alpha value is -4.68. The number of nitrogens with one attached hydrogen (secondary N) is 1. The minimum absolute atomic E-state index is 0.0544. The highest BCUT2D eigenvalue weighted by molar-refractivity contribution is 5.97. The van der Waals surface area contributed by atoms with Crippen molar-refractivity contribution < 1.29 is 27.5 Å². The van der Waals surface area contributed by atoms with Gasteiger partial charge in [0, 0.05) is 37.5 Å². The maximum Gasteiger partial charge on any atom is 0.573 e. The summed E-state index contributed by atoms with van der Waals surface area (Å²) < 4.78 is 43.1. The molecule has 0 bridgehead atoms. The van der Waals surface area contributed by atoms with Crippen LogP contribution in [0.3, 0.4) is 0 Å². The third-order valence-corrected chi connectivity index (χ3v) is 5.52. The standard InChI is InChI=1S/C23H18F3N7O3/c24-23(25,26)36-16-3-1-2-13(8-16)12-32-6-5-18-17(20(32)34)9-15(11-28-18)14-4-7-33-19(10-14)29-22(31-33)30-21(27)35/h1-4,7-11H,5-6,12H2,(H3,27,30,31,35). The Morgan fingerprint density at radius 2 is 2.00 bits per heavy atom. The molecular formula is C23H18F3N7O3. The number of carbonyl (C=O) groups excluding carboxylic acids is 2. The number of nitrogens with two attached hydrogens (primary N) is 1. The van der Waals surface area contributed by atoms with Crippen LogP contribution >= 0.6 is 0 Å². The van der Waals surface area contributed by atoms with Crippen molar-refractivity contribution in [2.75, 3.05) is 11.9 Å². The molecular weight excluding hydrogens is 479 g/mol. The van der Waals surface area contributed by atoms with Gasteiger partial charge in [0.25, 0.3) is 11.9 Å². The normalized spacial score (nSPS) is 13.5. The number of hydrogen-bond donors (Lipinski definition) is 2. The molecule has 36 heavy (non-hydrogen) atoms. The van der Waals surface area contributed by atoms with Gasteiger partial charge in [-0.15, -0.1) is 18.3 Å². The summed E-state index contributed by atoms with van der Waals surface area (Å²) in [7, 11) is 0. The Kier molecular flexibility index (Phi) is 5.66. The monoisotopic (exact) mass is 497 g/mol. The zero-order chi connectivity index (χ0) is 25.4. The first-order chi connectivity index (χ1) is 17.1. The average molecular weight is 497 g/mol. The van der Waals surface area contributed by atoms with Gasteiger partial charge >= 0.3 is 12.4 Å². The van der Waals surface area contributed by atoms with E-state index < -0.39 is 12.4 Å². The number of carbonyl (C=O) groups is 2. The van der Waals surface area contributed by atoms with Crippen LogP contribution in [0, 0.1) is 0 Å². The Bertz CT molecular complexity index is 1490. The molecule has 0 spiro atoms. The van der Waals surface area contributed by atoms with E-state index in [1.807, 2.05) is 0 Å². The summed E-state index contributed by atoms with van der Waals surface area (Å²) in [6.07, 6.45) is -0.987. The highest BCUT2D eigenvalue weighted by Gasteiger charge is 2.31. The zero-order valence-corrected chi connectivity index (χ0v) is 18.5. The summed E-state index contributed by atoms with van der Waals surface area (Å²) in [4.78, 5) is 34.5. The number of alkyl halides is 3. The Balaban J connectivity index is 1.38. The van der Waals surface area contributed by atoms with Crippen LogP contribution in [0.2, 0.25) is 0 Å². The number of ether oxygens (including phenoxy) is 1. The van der Waals surface area contributed by atoms with E-state index in [0.717, 1.165) is 5.56 Å². The molecule has 4 aromatic rings. The van der Waals surface area contributed by atoms with E-state index in [0.29, 0.717) is 41.0 Å². The number of aromatic nitrogens is 4. The average Bonchev–Trinajstić information content (AvgIpc) is 3.20. The van der Waals surface area contributed by atoms with E-state index >= 15 is 0 Å². The van der Waals surface area contributed by atoms with E-state index in [-0.39, 0.29) is 24.1 Å². The third kappa shape index (κ3) is 4.89. The van der Waals surface area contributed by atoms with E-state index in [1.54, 1.807) is 41.6 Å². The van der Waals surface area contributed by atoms with Crippen LogP contribution in [0.4, 0.5) is 23.9 Å². The third-order valence-electron chi connectivity index (χ3n) is 5.52. The van der Waals surface area contributed by atoms with Crippen molar-refractivity contribution in [3.63, 3.8) is 0 Å². The number of anilines is 1. The fourth-order valence-corrected chi connectivity index (χ4v) is 3.98. The molecule has 0 unspecified atom stereocenters. The van der Waals surface area contributed by atoms with Gasteiger partial charge in [-0.05, 0) is 41.5 Å². The maximum absolute atomic E-state index is 13.2. The predicted octanol–water partition coefficient (Wildman–Crippen LogP) is 3.38. The fraction of sp³-hybridized carbons (Fsp3) is 0.174. The fourth-order valence-electron chi connectivity index (χ4n) is 3.98. The lowest BCUT2D eigenvalue weighted by Gasteiger charge is -2.28. The number of urea groups is 1. The molecule has 0 aliphatic carbocycles. The largest absolute Gasteiger partial charge is 0.573 e. The molecule has 10 nitrogen and oxygen atoms in total. The highest BCUT2D eigenvalue weighted by atomic mass is 19.4. The van der Waals surface area contributed by atoms with E-state index in [1.165, 1.54) is 22.7 Å². The summed E-state index contributed by atoms with van der Waals surface area (Å²) >= 11 is 0. The lowest BCUT2D eigenvalue weighted by molar-refractivity contribution is -0.274. The number of rotatable bonds is 5. The minimum Gasteiger partial charge on any atom is -0.406 e. The topological polar surface area (TPSA) is 128 Å². The number of benzene rings is 1. The molecule has 3 aromatic heterocycles. The Morgan fingerprint density at radius 3 is 2.78 bits per heavy atom. The number of amides is 3. The second-order valence-corrected chi connectivity index (χ2v) is 8.03. The summed E-state index contributed by atoms with van der Waals surface area (Å²) in [6.45, 7) is 0.503. The quantitative estimate of drug-likeness (QED) is 0.435. The summed E-state index contributed by atoms with van der Waals surface area (Å²) in [5, 5.41) is 6.40. The number of nitrogens with zero attached hydrogens (tertiary/aromatic N) is 5. The van der Waals surface area contributed by atoms with Crippen LogP contribution in [0.15, 0.2) is 54.9 Å². The van der Waals surface area contributed by atoms with Gasteiger partial charge < -0.3 is 15.4 Å². The minimum atomic E-state index is -4.80. The van der Waals surface area contributed by atoms with Gasteiger partial charge in [0.1, 0.15) is 5.75 Å². The molecule has 184 valence electrons. The number of hydrogen-bond acceptors (Lipinski definition) is 6. The van der Waals surface area contributed by atoms with E-state index in [9.17, 15) is 22.8 Å². The molecule has 0 saturated heterocycles.